The average Bonchev–Trinajstić information content (AvgIpc) is 2.83. The Labute approximate surface area is 111 Å². The van der Waals surface area contributed by atoms with Crippen LogP contribution in [0.2, 0.25) is 0 Å². The summed E-state index contributed by atoms with van der Waals surface area (Å²) in [5.41, 5.74) is 11.1. The number of H-pyrrole nitrogens is 1. The maximum atomic E-state index is 5.67. The molecule has 0 aliphatic rings. The first-order valence-electron chi connectivity index (χ1n) is 6.38. The molecule has 0 aliphatic heterocycles. The van der Waals surface area contributed by atoms with Gasteiger partial charge in [-0.2, -0.15) is 0 Å². The monoisotopic (exact) mass is 252 g/mol. The van der Waals surface area contributed by atoms with E-state index in [9.17, 15) is 0 Å². The normalized spacial score (nSPS) is 11.1. The minimum Gasteiger partial charge on any atom is -0.346 e. The Bertz CT molecular complexity index is 715. The van der Waals surface area contributed by atoms with E-state index in [1.807, 2.05) is 18.3 Å². The number of nitrogens with zero attached hydrogens (tertiary/aromatic N) is 2. The number of fused-ring (bicyclic) bond motifs is 1. The Hall–Kier alpha value is -2.20. The van der Waals surface area contributed by atoms with E-state index >= 15 is 0 Å². The zero-order valence-electron chi connectivity index (χ0n) is 10.9. The lowest BCUT2D eigenvalue weighted by Crippen LogP contribution is -2.02. The van der Waals surface area contributed by atoms with Crippen LogP contribution in [0.3, 0.4) is 0 Å². The van der Waals surface area contributed by atoms with Gasteiger partial charge in [0.15, 0.2) is 0 Å². The topological polar surface area (TPSA) is 67.6 Å². The lowest BCUT2D eigenvalue weighted by atomic mass is 10.0. The number of nitrogens with one attached hydrogen (secondary N) is 1. The average molecular weight is 252 g/mol. The van der Waals surface area contributed by atoms with E-state index in [1.54, 1.807) is 6.33 Å². The Balaban J connectivity index is 2.29. The van der Waals surface area contributed by atoms with Gasteiger partial charge in [0.25, 0.3) is 0 Å². The predicted molar refractivity (Wildman–Crippen MR) is 76.8 cm³/mol. The van der Waals surface area contributed by atoms with Crippen LogP contribution in [0.15, 0.2) is 36.8 Å². The Morgan fingerprint density at radius 3 is 2.84 bits per heavy atom. The molecular weight excluding hydrogens is 236 g/mol. The first kappa shape index (κ1) is 11.9. The molecule has 0 saturated heterocycles. The van der Waals surface area contributed by atoms with E-state index < -0.39 is 0 Å². The molecule has 0 unspecified atom stereocenters. The van der Waals surface area contributed by atoms with Crippen molar-refractivity contribution in [2.24, 2.45) is 5.73 Å². The van der Waals surface area contributed by atoms with Crippen LogP contribution in [0.4, 0.5) is 0 Å². The van der Waals surface area contributed by atoms with Crippen molar-refractivity contribution in [3.05, 3.63) is 47.9 Å². The fourth-order valence-electron chi connectivity index (χ4n) is 2.42. The Morgan fingerprint density at radius 1 is 1.21 bits per heavy atom. The minimum absolute atomic E-state index is 0.620. The van der Waals surface area contributed by atoms with Crippen molar-refractivity contribution in [3.63, 3.8) is 0 Å². The van der Waals surface area contributed by atoms with Crippen LogP contribution in [0, 0.1) is 6.92 Å². The summed E-state index contributed by atoms with van der Waals surface area (Å²) in [6.45, 7) is 2.72. The molecule has 19 heavy (non-hydrogen) atoms. The molecule has 3 rings (SSSR count). The van der Waals surface area contributed by atoms with Gasteiger partial charge in [0.2, 0.25) is 0 Å². The van der Waals surface area contributed by atoms with Crippen molar-refractivity contribution in [1.29, 1.82) is 0 Å². The van der Waals surface area contributed by atoms with Crippen LogP contribution in [-0.2, 0) is 6.42 Å². The highest BCUT2D eigenvalue weighted by Gasteiger charge is 2.13. The lowest BCUT2D eigenvalue weighted by molar-refractivity contribution is 0.976. The third-order valence-electron chi connectivity index (χ3n) is 3.37. The first-order chi connectivity index (χ1) is 9.31. The van der Waals surface area contributed by atoms with Crippen molar-refractivity contribution in [2.75, 3.05) is 6.54 Å². The second-order valence-electron chi connectivity index (χ2n) is 4.61. The SMILES string of the molecule is Cc1ccccc1-c1ncnc2[nH]cc(CCN)c12. The van der Waals surface area contributed by atoms with Crippen LogP contribution < -0.4 is 5.73 Å². The molecule has 0 fully saturated rings. The van der Waals surface area contributed by atoms with Gasteiger partial charge in [0.05, 0.1) is 5.69 Å². The Kier molecular flexibility index (Phi) is 3.01. The number of aromatic nitrogens is 3. The molecule has 3 aromatic rings. The van der Waals surface area contributed by atoms with E-state index in [2.05, 4.69) is 34.0 Å². The van der Waals surface area contributed by atoms with Gasteiger partial charge in [-0.15, -0.1) is 0 Å². The van der Waals surface area contributed by atoms with Gasteiger partial charge in [0.1, 0.15) is 12.0 Å². The highest BCUT2D eigenvalue weighted by Crippen LogP contribution is 2.30. The minimum atomic E-state index is 0.620. The van der Waals surface area contributed by atoms with E-state index in [4.69, 9.17) is 5.73 Å². The maximum Gasteiger partial charge on any atom is 0.141 e. The summed E-state index contributed by atoms with van der Waals surface area (Å²) in [7, 11) is 0. The van der Waals surface area contributed by atoms with Crippen LogP contribution in [0.5, 0.6) is 0 Å². The molecule has 96 valence electrons. The van der Waals surface area contributed by atoms with Crippen molar-refractivity contribution in [3.8, 4) is 11.3 Å². The fourth-order valence-corrected chi connectivity index (χ4v) is 2.42. The quantitative estimate of drug-likeness (QED) is 0.752. The smallest absolute Gasteiger partial charge is 0.141 e. The zero-order chi connectivity index (χ0) is 13.2. The molecule has 0 saturated carbocycles. The molecule has 0 aliphatic carbocycles. The summed E-state index contributed by atoms with van der Waals surface area (Å²) < 4.78 is 0. The molecule has 0 amide bonds. The standard InChI is InChI=1S/C15H16N4/c1-10-4-2-3-5-12(10)14-13-11(6-7-16)8-17-15(13)19-9-18-14/h2-5,8-9H,6-7,16H2,1H3,(H,17,18,19). The summed E-state index contributed by atoms with van der Waals surface area (Å²) in [5.74, 6) is 0. The largest absolute Gasteiger partial charge is 0.346 e. The molecular formula is C15H16N4. The van der Waals surface area contributed by atoms with Crippen molar-refractivity contribution in [2.45, 2.75) is 13.3 Å². The number of nitrogens with two attached hydrogens (primary N) is 1. The number of benzene rings is 1. The Morgan fingerprint density at radius 2 is 2.05 bits per heavy atom. The van der Waals surface area contributed by atoms with Gasteiger partial charge in [-0.25, -0.2) is 9.97 Å². The fraction of sp³-hybridized carbons (Fsp3) is 0.200. The first-order valence-corrected chi connectivity index (χ1v) is 6.38. The van der Waals surface area contributed by atoms with E-state index in [-0.39, 0.29) is 0 Å². The molecule has 0 radical (unpaired) electrons. The highest BCUT2D eigenvalue weighted by molar-refractivity contribution is 5.94. The maximum absolute atomic E-state index is 5.67. The molecule has 0 atom stereocenters. The summed E-state index contributed by atoms with van der Waals surface area (Å²) >= 11 is 0. The molecule has 4 nitrogen and oxygen atoms in total. The molecule has 0 bridgehead atoms. The molecule has 2 heterocycles. The van der Waals surface area contributed by atoms with Crippen LogP contribution in [0.1, 0.15) is 11.1 Å². The van der Waals surface area contributed by atoms with E-state index in [1.165, 1.54) is 11.1 Å². The van der Waals surface area contributed by atoms with Gasteiger partial charge in [-0.05, 0) is 31.0 Å². The third-order valence-corrected chi connectivity index (χ3v) is 3.37. The van der Waals surface area contributed by atoms with Gasteiger partial charge < -0.3 is 10.7 Å². The van der Waals surface area contributed by atoms with Crippen LogP contribution >= 0.6 is 0 Å². The van der Waals surface area contributed by atoms with Gasteiger partial charge in [-0.1, -0.05) is 24.3 Å². The van der Waals surface area contributed by atoms with Crippen LogP contribution in [0.25, 0.3) is 22.3 Å². The van der Waals surface area contributed by atoms with Crippen molar-refractivity contribution < 1.29 is 0 Å². The second-order valence-corrected chi connectivity index (χ2v) is 4.61. The van der Waals surface area contributed by atoms with Crippen LogP contribution in [-0.4, -0.2) is 21.5 Å². The van der Waals surface area contributed by atoms with Gasteiger partial charge in [-0.3, -0.25) is 0 Å². The summed E-state index contributed by atoms with van der Waals surface area (Å²) in [6, 6.07) is 8.26. The molecule has 1 aromatic carbocycles. The molecule has 4 heteroatoms. The number of hydrogen-bond donors (Lipinski definition) is 2. The molecule has 0 spiro atoms. The van der Waals surface area contributed by atoms with E-state index in [0.717, 1.165) is 28.7 Å². The zero-order valence-corrected chi connectivity index (χ0v) is 10.9. The highest BCUT2D eigenvalue weighted by atomic mass is 14.9. The van der Waals surface area contributed by atoms with E-state index in [0.29, 0.717) is 6.54 Å². The summed E-state index contributed by atoms with van der Waals surface area (Å²) in [4.78, 5) is 12.0. The predicted octanol–water partition coefficient (Wildman–Crippen LogP) is 2.43. The second kappa shape index (κ2) is 4.82. The lowest BCUT2D eigenvalue weighted by Gasteiger charge is -2.07. The molecule has 2 aromatic heterocycles. The third kappa shape index (κ3) is 2.00. The van der Waals surface area contributed by atoms with Gasteiger partial charge >= 0.3 is 0 Å². The van der Waals surface area contributed by atoms with Crippen molar-refractivity contribution >= 4 is 11.0 Å². The molecule has 3 N–H and O–H groups in total. The van der Waals surface area contributed by atoms with Gasteiger partial charge in [0, 0.05) is 17.1 Å². The number of hydrogen-bond acceptors (Lipinski definition) is 3. The number of rotatable bonds is 3. The summed E-state index contributed by atoms with van der Waals surface area (Å²) in [6.07, 6.45) is 4.41. The van der Waals surface area contributed by atoms with Crippen molar-refractivity contribution in [1.82, 2.24) is 15.0 Å². The number of aromatic amines is 1. The summed E-state index contributed by atoms with van der Waals surface area (Å²) in [5, 5.41) is 1.09. The number of aryl methyl sites for hydroxylation is 1.